The van der Waals surface area contributed by atoms with E-state index < -0.39 is 5.91 Å². The highest BCUT2D eigenvalue weighted by Gasteiger charge is 2.11. The summed E-state index contributed by atoms with van der Waals surface area (Å²) in [5.74, 6) is -0.462. The Balaban J connectivity index is 2.05. The van der Waals surface area contributed by atoms with Crippen molar-refractivity contribution in [1.29, 1.82) is 0 Å². The van der Waals surface area contributed by atoms with Gasteiger partial charge in [-0.3, -0.25) is 4.79 Å². The number of carbonyl (C=O) groups is 1. The molecule has 0 saturated carbocycles. The first-order valence-electron chi connectivity index (χ1n) is 6.46. The molecule has 106 valence electrons. The topological polar surface area (TPSA) is 55.1 Å². The Labute approximate surface area is 127 Å². The lowest BCUT2D eigenvalue weighted by molar-refractivity contribution is 0.100. The number of hydrogen-bond donors (Lipinski definition) is 2. The molecule has 1 amide bonds. The van der Waals surface area contributed by atoms with Crippen LogP contribution in [0.4, 0.5) is 0 Å². The van der Waals surface area contributed by atoms with E-state index in [0.717, 1.165) is 12.0 Å². The molecule has 1 unspecified atom stereocenters. The molecule has 0 radical (unpaired) electrons. The van der Waals surface area contributed by atoms with Crippen LogP contribution in [0.15, 0.2) is 35.7 Å². The monoisotopic (exact) mass is 308 g/mol. The highest BCUT2D eigenvalue weighted by molar-refractivity contribution is 7.10. The minimum absolute atomic E-state index is 0.321. The average Bonchev–Trinajstić information content (AvgIpc) is 2.95. The Bertz CT molecular complexity index is 584. The number of nitrogens with one attached hydrogen (secondary N) is 1. The highest BCUT2D eigenvalue weighted by Crippen LogP contribution is 2.23. The van der Waals surface area contributed by atoms with Crippen LogP contribution in [0.5, 0.6) is 0 Å². The van der Waals surface area contributed by atoms with Gasteiger partial charge in [-0.2, -0.15) is 0 Å². The maximum absolute atomic E-state index is 11.1. The first-order valence-corrected chi connectivity index (χ1v) is 7.72. The van der Waals surface area contributed by atoms with Crippen LogP contribution in [0.2, 0.25) is 5.02 Å². The van der Waals surface area contributed by atoms with Gasteiger partial charge in [0.1, 0.15) is 0 Å². The summed E-state index contributed by atoms with van der Waals surface area (Å²) in [7, 11) is 0. The fourth-order valence-corrected chi connectivity index (χ4v) is 3.15. The van der Waals surface area contributed by atoms with E-state index in [0.29, 0.717) is 23.2 Å². The van der Waals surface area contributed by atoms with Crippen LogP contribution in [-0.2, 0) is 6.54 Å². The van der Waals surface area contributed by atoms with E-state index in [4.69, 9.17) is 17.3 Å². The van der Waals surface area contributed by atoms with Crippen molar-refractivity contribution < 1.29 is 4.79 Å². The Kier molecular flexibility index (Phi) is 5.17. The summed E-state index contributed by atoms with van der Waals surface area (Å²) < 4.78 is 0. The number of nitrogens with two attached hydrogens (primary N) is 1. The molecule has 1 atom stereocenters. The third-order valence-corrected chi connectivity index (χ3v) is 4.51. The summed E-state index contributed by atoms with van der Waals surface area (Å²) in [5.41, 5.74) is 6.63. The number of carbonyl (C=O) groups excluding carboxylic acids is 1. The molecule has 0 spiro atoms. The van der Waals surface area contributed by atoms with Crippen LogP contribution in [0.25, 0.3) is 0 Å². The van der Waals surface area contributed by atoms with E-state index >= 15 is 0 Å². The van der Waals surface area contributed by atoms with Crippen molar-refractivity contribution >= 4 is 28.8 Å². The van der Waals surface area contributed by atoms with Crippen LogP contribution < -0.4 is 11.1 Å². The number of halogens is 1. The van der Waals surface area contributed by atoms with E-state index in [1.54, 1.807) is 23.5 Å². The second kappa shape index (κ2) is 6.88. The van der Waals surface area contributed by atoms with Crippen molar-refractivity contribution in [2.75, 3.05) is 0 Å². The lowest BCUT2D eigenvalue weighted by atomic mass is 10.1. The zero-order valence-electron chi connectivity index (χ0n) is 11.2. The van der Waals surface area contributed by atoms with Crippen molar-refractivity contribution in [1.82, 2.24) is 5.32 Å². The van der Waals surface area contributed by atoms with Gasteiger partial charge >= 0.3 is 0 Å². The maximum atomic E-state index is 11.1. The van der Waals surface area contributed by atoms with E-state index in [1.807, 2.05) is 6.07 Å². The number of amides is 1. The number of thiophene rings is 1. The zero-order valence-corrected chi connectivity index (χ0v) is 12.8. The van der Waals surface area contributed by atoms with Crippen LogP contribution in [-0.4, -0.2) is 5.91 Å². The predicted octanol–water partition coefficient (Wildman–Crippen LogP) is 3.74. The molecule has 0 saturated heterocycles. The van der Waals surface area contributed by atoms with E-state index in [-0.39, 0.29) is 0 Å². The van der Waals surface area contributed by atoms with Crippen molar-refractivity contribution in [2.45, 2.75) is 25.9 Å². The fraction of sp³-hybridized carbons (Fsp3) is 0.267. The van der Waals surface area contributed by atoms with Gasteiger partial charge in [0.25, 0.3) is 0 Å². The molecule has 0 aliphatic rings. The molecule has 20 heavy (non-hydrogen) atoms. The third kappa shape index (κ3) is 3.60. The average molecular weight is 309 g/mol. The largest absolute Gasteiger partial charge is 0.366 e. The van der Waals surface area contributed by atoms with E-state index in [2.05, 4.69) is 29.8 Å². The molecule has 1 aromatic carbocycles. The summed E-state index contributed by atoms with van der Waals surface area (Å²) in [6, 6.07) is 9.67. The minimum Gasteiger partial charge on any atom is -0.366 e. The maximum Gasteiger partial charge on any atom is 0.248 e. The number of hydrogen-bond acceptors (Lipinski definition) is 3. The Hall–Kier alpha value is -1.36. The third-order valence-electron chi connectivity index (χ3n) is 3.17. The van der Waals surface area contributed by atoms with Gasteiger partial charge in [-0.15, -0.1) is 11.3 Å². The van der Waals surface area contributed by atoms with Crippen molar-refractivity contribution in [3.8, 4) is 0 Å². The van der Waals surface area contributed by atoms with Crippen molar-refractivity contribution in [2.24, 2.45) is 5.73 Å². The first-order chi connectivity index (χ1) is 9.61. The zero-order chi connectivity index (χ0) is 14.5. The Morgan fingerprint density at radius 3 is 2.80 bits per heavy atom. The van der Waals surface area contributed by atoms with E-state index in [1.165, 1.54) is 4.88 Å². The molecule has 3 nitrogen and oxygen atoms in total. The van der Waals surface area contributed by atoms with Gasteiger partial charge in [-0.25, -0.2) is 0 Å². The van der Waals surface area contributed by atoms with Gasteiger partial charge in [-0.05, 0) is 35.6 Å². The van der Waals surface area contributed by atoms with Crippen molar-refractivity contribution in [3.63, 3.8) is 0 Å². The molecule has 2 aromatic rings. The summed E-state index contributed by atoms with van der Waals surface area (Å²) in [5, 5.41) is 6.13. The molecule has 3 N–H and O–H groups in total. The molecule has 5 heteroatoms. The molecule has 0 fully saturated rings. The minimum atomic E-state index is -0.462. The molecule has 2 rings (SSSR count). The molecule has 0 aliphatic heterocycles. The van der Waals surface area contributed by atoms with Crippen LogP contribution in [0.1, 0.15) is 40.2 Å². The van der Waals surface area contributed by atoms with Gasteiger partial charge in [0.2, 0.25) is 5.91 Å². The summed E-state index contributed by atoms with van der Waals surface area (Å²) in [6.07, 6.45) is 1.01. The first kappa shape index (κ1) is 15.0. The lowest BCUT2D eigenvalue weighted by Crippen LogP contribution is -2.19. The van der Waals surface area contributed by atoms with Crippen LogP contribution in [0, 0.1) is 0 Å². The molecule has 1 aromatic heterocycles. The Morgan fingerprint density at radius 2 is 2.25 bits per heavy atom. The number of benzene rings is 1. The summed E-state index contributed by atoms with van der Waals surface area (Å²) in [6.45, 7) is 2.81. The van der Waals surface area contributed by atoms with Crippen LogP contribution >= 0.6 is 22.9 Å². The quantitative estimate of drug-likeness (QED) is 0.854. The molecule has 0 aliphatic carbocycles. The number of rotatable bonds is 6. The highest BCUT2D eigenvalue weighted by atomic mass is 35.5. The van der Waals surface area contributed by atoms with Crippen LogP contribution in [0.3, 0.4) is 0 Å². The van der Waals surface area contributed by atoms with Gasteiger partial charge < -0.3 is 11.1 Å². The van der Waals surface area contributed by atoms with Gasteiger partial charge in [0, 0.05) is 28.0 Å². The summed E-state index contributed by atoms with van der Waals surface area (Å²) in [4.78, 5) is 12.4. The smallest absolute Gasteiger partial charge is 0.248 e. The normalized spacial score (nSPS) is 12.3. The fourth-order valence-electron chi connectivity index (χ4n) is 2.01. The lowest BCUT2D eigenvalue weighted by Gasteiger charge is -2.16. The van der Waals surface area contributed by atoms with Gasteiger partial charge in [-0.1, -0.05) is 30.7 Å². The van der Waals surface area contributed by atoms with Gasteiger partial charge in [0.05, 0.1) is 0 Å². The standard InChI is InChI=1S/C15H17ClN2OS/c1-2-13(14-4-3-7-20-14)18-9-11-6-5-10(15(17)19)8-12(11)16/h3-8,13,18H,2,9H2,1H3,(H2,17,19). The second-order valence-electron chi connectivity index (χ2n) is 4.53. The molecule has 0 bridgehead atoms. The van der Waals surface area contributed by atoms with E-state index in [9.17, 15) is 4.79 Å². The molecular formula is C15H17ClN2OS. The molecular weight excluding hydrogens is 292 g/mol. The predicted molar refractivity (Wildman–Crippen MR) is 84.2 cm³/mol. The summed E-state index contributed by atoms with van der Waals surface area (Å²) >= 11 is 7.92. The second-order valence-corrected chi connectivity index (χ2v) is 5.91. The SMILES string of the molecule is CCC(NCc1ccc(C(N)=O)cc1Cl)c1cccs1. The van der Waals surface area contributed by atoms with Crippen molar-refractivity contribution in [3.05, 3.63) is 56.7 Å². The van der Waals surface area contributed by atoms with Gasteiger partial charge in [0.15, 0.2) is 0 Å². The molecule has 1 heterocycles. The Morgan fingerprint density at radius 1 is 1.45 bits per heavy atom. The number of primary amides is 1.